The molecule has 0 saturated carbocycles. The summed E-state index contributed by atoms with van der Waals surface area (Å²) < 4.78 is 43.2. The van der Waals surface area contributed by atoms with Crippen LogP contribution in [-0.2, 0) is 4.79 Å². The first-order chi connectivity index (χ1) is 14.2. The number of alkyl halides is 3. The van der Waals surface area contributed by atoms with Crippen LogP contribution in [0, 0.1) is 0 Å². The van der Waals surface area contributed by atoms with Crippen molar-refractivity contribution in [1.29, 1.82) is 0 Å². The third-order valence-corrected chi connectivity index (χ3v) is 6.04. The minimum atomic E-state index is -5.08. The fourth-order valence-electron chi connectivity index (χ4n) is 3.11. The molecule has 1 spiro atoms. The van der Waals surface area contributed by atoms with E-state index in [0.29, 0.717) is 11.8 Å². The van der Waals surface area contributed by atoms with Gasteiger partial charge in [0.2, 0.25) is 11.8 Å². The van der Waals surface area contributed by atoms with Gasteiger partial charge in [-0.3, -0.25) is 0 Å². The number of nitrogens with zero attached hydrogens (tertiary/aromatic N) is 4. The van der Waals surface area contributed by atoms with Crippen LogP contribution in [0.1, 0.15) is 6.42 Å². The molecule has 2 aliphatic rings. The van der Waals surface area contributed by atoms with Crippen molar-refractivity contribution < 1.29 is 32.5 Å². The van der Waals surface area contributed by atoms with Gasteiger partial charge < -0.3 is 19.5 Å². The fourth-order valence-corrected chi connectivity index (χ4v) is 4.64. The second-order valence-electron chi connectivity index (χ2n) is 6.68. The molecule has 2 aliphatic heterocycles. The number of hydrogen-bond donors (Lipinski definition) is 1. The van der Waals surface area contributed by atoms with Gasteiger partial charge in [0.1, 0.15) is 18.2 Å². The second-order valence-corrected chi connectivity index (χ2v) is 8.17. The van der Waals surface area contributed by atoms with Gasteiger partial charge in [0, 0.05) is 43.6 Å². The van der Waals surface area contributed by atoms with Crippen LogP contribution in [0.3, 0.4) is 0 Å². The van der Waals surface area contributed by atoms with Crippen LogP contribution >= 0.6 is 11.8 Å². The van der Waals surface area contributed by atoms with Gasteiger partial charge >= 0.3 is 12.1 Å². The molecule has 0 bridgehead atoms. The Bertz CT molecular complexity index is 866. The molecule has 4 rings (SSSR count). The quantitative estimate of drug-likeness (QED) is 0.763. The Labute approximate surface area is 174 Å². The summed E-state index contributed by atoms with van der Waals surface area (Å²) in [5.74, 6) is 0.500. The Kier molecular flexibility index (Phi) is 6.54. The first-order valence-electron chi connectivity index (χ1n) is 8.83. The van der Waals surface area contributed by atoms with E-state index in [1.807, 2.05) is 36.0 Å². The minimum Gasteiger partial charge on any atom is -0.481 e. The molecule has 1 unspecified atom stereocenters. The van der Waals surface area contributed by atoms with Crippen molar-refractivity contribution in [3.05, 3.63) is 36.8 Å². The summed E-state index contributed by atoms with van der Waals surface area (Å²) in [4.78, 5) is 23.8. The number of halogens is 3. The summed E-state index contributed by atoms with van der Waals surface area (Å²) in [6.07, 6.45) is -0.487. The van der Waals surface area contributed by atoms with Crippen molar-refractivity contribution in [3.8, 4) is 11.8 Å². The lowest BCUT2D eigenvalue weighted by Gasteiger charge is -2.48. The van der Waals surface area contributed by atoms with Crippen LogP contribution in [0.25, 0.3) is 0 Å². The first-order valence-corrected chi connectivity index (χ1v) is 9.82. The summed E-state index contributed by atoms with van der Waals surface area (Å²) in [6, 6.07) is 7.65. The number of carbonyl (C=O) groups is 1. The smallest absolute Gasteiger partial charge is 0.481 e. The Balaban J connectivity index is 0.000000318. The van der Waals surface area contributed by atoms with Crippen molar-refractivity contribution in [2.24, 2.45) is 0 Å². The molecule has 8 nitrogen and oxygen atoms in total. The van der Waals surface area contributed by atoms with Crippen LogP contribution in [0.15, 0.2) is 36.8 Å². The third-order valence-electron chi connectivity index (χ3n) is 4.46. The lowest BCUT2D eigenvalue weighted by atomic mass is 9.93. The number of carboxylic acid groups (broad SMARTS) is 1. The molecule has 1 atom stereocenters. The zero-order valence-electron chi connectivity index (χ0n) is 15.9. The first kappa shape index (κ1) is 21.9. The Morgan fingerprint density at radius 3 is 2.60 bits per heavy atom. The van der Waals surface area contributed by atoms with Crippen molar-refractivity contribution >= 4 is 23.5 Å². The molecule has 0 aromatic carbocycles. The number of anilines is 1. The highest BCUT2D eigenvalue weighted by Gasteiger charge is 2.50. The summed E-state index contributed by atoms with van der Waals surface area (Å²) in [5, 5.41) is 7.12. The predicted molar refractivity (Wildman–Crippen MR) is 103 cm³/mol. The number of ether oxygens (including phenoxy) is 2. The van der Waals surface area contributed by atoms with E-state index in [9.17, 15) is 13.2 Å². The molecule has 12 heteroatoms. The normalized spacial score (nSPS) is 19.5. The van der Waals surface area contributed by atoms with E-state index in [-0.39, 0.29) is 10.9 Å². The van der Waals surface area contributed by atoms with Crippen LogP contribution in [0.2, 0.25) is 0 Å². The van der Waals surface area contributed by atoms with Gasteiger partial charge in [-0.2, -0.15) is 13.2 Å². The SMILES string of the molecule is COc1cc(N2CC3(CC(Oc4ccccn4)CS3)C2)ncn1.O=C(O)C(F)(F)F. The molecule has 0 amide bonds. The summed E-state index contributed by atoms with van der Waals surface area (Å²) in [7, 11) is 1.62. The maximum atomic E-state index is 10.6. The molecule has 4 heterocycles. The predicted octanol–water partition coefficient (Wildman–Crippen LogP) is 2.66. The monoisotopic (exact) mass is 444 g/mol. The van der Waals surface area contributed by atoms with Crippen molar-refractivity contribution in [2.75, 3.05) is 30.9 Å². The zero-order chi connectivity index (χ0) is 21.8. The topological polar surface area (TPSA) is 97.7 Å². The van der Waals surface area contributed by atoms with Crippen LogP contribution < -0.4 is 14.4 Å². The lowest BCUT2D eigenvalue weighted by molar-refractivity contribution is -0.192. The van der Waals surface area contributed by atoms with Gasteiger partial charge in [-0.25, -0.2) is 19.7 Å². The number of thioether (sulfide) groups is 1. The van der Waals surface area contributed by atoms with Crippen LogP contribution in [0.5, 0.6) is 11.8 Å². The molecule has 0 aliphatic carbocycles. The number of aromatic nitrogens is 3. The van der Waals surface area contributed by atoms with Crippen LogP contribution in [0.4, 0.5) is 19.0 Å². The number of carboxylic acids is 1. The van der Waals surface area contributed by atoms with E-state index in [4.69, 9.17) is 19.4 Å². The van der Waals surface area contributed by atoms with Gasteiger partial charge in [0.15, 0.2) is 0 Å². The standard InChI is InChI=1S/C16H18N4O2S.C2HF3O2/c1-21-15-6-13(18-11-19-15)20-9-16(10-20)7-12(8-23-16)22-14-4-2-3-5-17-14;3-2(4,5)1(6)7/h2-6,11-12H,7-10H2,1H3;(H,6,7). The van der Waals surface area contributed by atoms with Gasteiger partial charge in [-0.05, 0) is 6.07 Å². The van der Waals surface area contributed by atoms with Gasteiger partial charge in [-0.15, -0.1) is 11.8 Å². The van der Waals surface area contributed by atoms with Crippen molar-refractivity contribution in [3.63, 3.8) is 0 Å². The Morgan fingerprint density at radius 2 is 2.00 bits per heavy atom. The summed E-state index contributed by atoms with van der Waals surface area (Å²) in [6.45, 7) is 1.97. The highest BCUT2D eigenvalue weighted by Crippen LogP contribution is 2.47. The van der Waals surface area contributed by atoms with Gasteiger partial charge in [0.25, 0.3) is 0 Å². The van der Waals surface area contributed by atoms with E-state index in [0.717, 1.165) is 31.1 Å². The number of aliphatic carboxylic acids is 1. The highest BCUT2D eigenvalue weighted by molar-refractivity contribution is 8.01. The zero-order valence-corrected chi connectivity index (χ0v) is 16.7. The number of rotatable bonds is 4. The fraction of sp³-hybridized carbons (Fsp3) is 0.444. The Hall–Kier alpha value is -2.76. The second kappa shape index (κ2) is 8.94. The average molecular weight is 444 g/mol. The molecule has 1 N–H and O–H groups in total. The molecule has 162 valence electrons. The van der Waals surface area contributed by atoms with E-state index >= 15 is 0 Å². The molecule has 30 heavy (non-hydrogen) atoms. The molecular weight excluding hydrogens is 425 g/mol. The van der Waals surface area contributed by atoms with Gasteiger partial charge in [-0.1, -0.05) is 6.07 Å². The largest absolute Gasteiger partial charge is 0.490 e. The molecule has 2 fully saturated rings. The summed E-state index contributed by atoms with van der Waals surface area (Å²) in [5.41, 5.74) is 0. The maximum absolute atomic E-state index is 10.6. The average Bonchev–Trinajstić information content (AvgIpc) is 3.11. The van der Waals surface area contributed by atoms with E-state index in [1.165, 1.54) is 0 Å². The number of pyridine rings is 1. The van der Waals surface area contributed by atoms with Gasteiger partial charge in [0.05, 0.1) is 11.9 Å². The number of hydrogen-bond acceptors (Lipinski definition) is 8. The summed E-state index contributed by atoms with van der Waals surface area (Å²) >= 11 is 2.00. The molecule has 2 aromatic heterocycles. The molecule has 2 aromatic rings. The Morgan fingerprint density at radius 1 is 1.27 bits per heavy atom. The molecular formula is C18H19F3N4O4S. The van der Waals surface area contributed by atoms with Crippen LogP contribution in [-0.4, -0.2) is 69.0 Å². The highest BCUT2D eigenvalue weighted by atomic mass is 32.2. The third kappa shape index (κ3) is 5.43. The number of methoxy groups -OCH3 is 1. The minimum absolute atomic E-state index is 0.233. The molecule has 2 saturated heterocycles. The van der Waals surface area contributed by atoms with E-state index in [2.05, 4.69) is 19.9 Å². The molecule has 0 radical (unpaired) electrons. The van der Waals surface area contributed by atoms with E-state index in [1.54, 1.807) is 19.6 Å². The van der Waals surface area contributed by atoms with E-state index < -0.39 is 12.1 Å². The van der Waals surface area contributed by atoms with Crippen molar-refractivity contribution in [2.45, 2.75) is 23.4 Å². The lowest BCUT2D eigenvalue weighted by Crippen LogP contribution is -2.59. The van der Waals surface area contributed by atoms with Crippen molar-refractivity contribution in [1.82, 2.24) is 15.0 Å². The maximum Gasteiger partial charge on any atom is 0.490 e.